The third-order valence-corrected chi connectivity index (χ3v) is 5.03. The van der Waals surface area contributed by atoms with Crippen molar-refractivity contribution in [3.63, 3.8) is 0 Å². The number of benzene rings is 1. The lowest BCUT2D eigenvalue weighted by atomic mass is 10.1. The Kier molecular flexibility index (Phi) is 5.74. The molecule has 0 radical (unpaired) electrons. The van der Waals surface area contributed by atoms with Crippen molar-refractivity contribution < 1.29 is 9.53 Å². The largest absolute Gasteiger partial charge is 0.477 e. The first kappa shape index (κ1) is 19.6. The van der Waals surface area contributed by atoms with E-state index < -0.39 is 0 Å². The van der Waals surface area contributed by atoms with Crippen LogP contribution in [0, 0.1) is 0 Å². The number of amides is 1. The van der Waals surface area contributed by atoms with Crippen molar-refractivity contribution in [2.75, 3.05) is 37.7 Å². The molecule has 0 atom stereocenters. The number of rotatable bonds is 5. The minimum absolute atomic E-state index is 0.0986. The van der Waals surface area contributed by atoms with Gasteiger partial charge in [-0.3, -0.25) is 9.59 Å². The molecule has 1 aliphatic rings. The van der Waals surface area contributed by atoms with Gasteiger partial charge in [-0.05, 0) is 19.1 Å². The van der Waals surface area contributed by atoms with E-state index in [1.165, 1.54) is 0 Å². The highest BCUT2D eigenvalue weighted by molar-refractivity contribution is 5.96. The number of anilines is 1. The fraction of sp³-hybridized carbons (Fsp3) is 0.273. The molecule has 30 heavy (non-hydrogen) atoms. The van der Waals surface area contributed by atoms with Crippen LogP contribution in [0.4, 0.5) is 5.69 Å². The summed E-state index contributed by atoms with van der Waals surface area (Å²) in [4.78, 5) is 33.0. The topological polar surface area (TPSA) is 91.4 Å². The molecule has 0 aliphatic carbocycles. The Morgan fingerprint density at radius 3 is 2.60 bits per heavy atom. The smallest absolute Gasteiger partial charge is 0.266 e. The highest BCUT2D eigenvalue weighted by Crippen LogP contribution is 2.28. The molecular weight excluding hydrogens is 382 g/mol. The number of nitrogens with one attached hydrogen (secondary N) is 1. The molecule has 1 N–H and O–H groups in total. The lowest BCUT2D eigenvalue weighted by molar-refractivity contribution is 0.0741. The fourth-order valence-electron chi connectivity index (χ4n) is 3.57. The van der Waals surface area contributed by atoms with Gasteiger partial charge in [0.1, 0.15) is 11.3 Å². The minimum atomic E-state index is -0.250. The molecule has 0 spiro atoms. The van der Waals surface area contributed by atoms with E-state index in [4.69, 9.17) is 4.74 Å². The maximum Gasteiger partial charge on any atom is 0.266 e. The molecule has 0 unspecified atom stereocenters. The molecule has 8 heteroatoms. The molecule has 8 nitrogen and oxygen atoms in total. The van der Waals surface area contributed by atoms with Crippen LogP contribution in [0.5, 0.6) is 5.88 Å². The monoisotopic (exact) mass is 405 g/mol. The number of H-pyrrole nitrogens is 1. The van der Waals surface area contributed by atoms with Crippen LogP contribution in [0.25, 0.3) is 11.3 Å². The summed E-state index contributed by atoms with van der Waals surface area (Å²) in [6.07, 6.45) is 1.62. The Morgan fingerprint density at radius 1 is 1.10 bits per heavy atom. The molecule has 1 saturated heterocycles. The summed E-state index contributed by atoms with van der Waals surface area (Å²) in [6.45, 7) is 4.56. The van der Waals surface area contributed by atoms with Crippen molar-refractivity contribution in [1.29, 1.82) is 0 Å². The number of aromatic nitrogens is 3. The maximum absolute atomic E-state index is 13.0. The van der Waals surface area contributed by atoms with Gasteiger partial charge in [0, 0.05) is 44.0 Å². The van der Waals surface area contributed by atoms with E-state index in [-0.39, 0.29) is 11.5 Å². The number of pyridine rings is 1. The normalized spacial score (nSPS) is 13.9. The highest BCUT2D eigenvalue weighted by atomic mass is 16.5. The zero-order chi connectivity index (χ0) is 20.9. The van der Waals surface area contributed by atoms with Gasteiger partial charge in [0.15, 0.2) is 0 Å². The maximum atomic E-state index is 13.0. The van der Waals surface area contributed by atoms with E-state index in [0.717, 1.165) is 16.9 Å². The number of ether oxygens (including phenoxy) is 1. The molecule has 0 bridgehead atoms. The van der Waals surface area contributed by atoms with Gasteiger partial charge in [0.05, 0.1) is 12.3 Å². The van der Waals surface area contributed by atoms with Gasteiger partial charge < -0.3 is 14.5 Å². The van der Waals surface area contributed by atoms with E-state index in [1.807, 2.05) is 37.3 Å². The second-order valence-electron chi connectivity index (χ2n) is 6.90. The zero-order valence-electron chi connectivity index (χ0n) is 16.7. The van der Waals surface area contributed by atoms with Crippen LogP contribution in [-0.4, -0.2) is 58.8 Å². The Bertz CT molecular complexity index is 1080. The van der Waals surface area contributed by atoms with Crippen molar-refractivity contribution in [3.8, 4) is 17.1 Å². The Hall–Kier alpha value is -3.68. The van der Waals surface area contributed by atoms with Crippen LogP contribution in [0.2, 0.25) is 0 Å². The number of aromatic amines is 1. The average Bonchev–Trinajstić information content (AvgIpc) is 2.80. The van der Waals surface area contributed by atoms with Crippen LogP contribution in [0.15, 0.2) is 59.5 Å². The number of hydrogen-bond donors (Lipinski definition) is 1. The first-order valence-corrected chi connectivity index (χ1v) is 9.94. The van der Waals surface area contributed by atoms with Crippen LogP contribution in [0.1, 0.15) is 17.3 Å². The van der Waals surface area contributed by atoms with E-state index in [1.54, 1.807) is 29.3 Å². The third kappa shape index (κ3) is 4.03. The molecular formula is C22H23N5O3. The van der Waals surface area contributed by atoms with Crippen molar-refractivity contribution in [3.05, 3.63) is 70.6 Å². The van der Waals surface area contributed by atoms with E-state index >= 15 is 0 Å². The Balaban J connectivity index is 1.53. The van der Waals surface area contributed by atoms with Gasteiger partial charge in [0.25, 0.3) is 11.5 Å². The van der Waals surface area contributed by atoms with Crippen molar-refractivity contribution in [2.24, 2.45) is 0 Å². The summed E-state index contributed by atoms with van der Waals surface area (Å²) in [7, 11) is 0. The summed E-state index contributed by atoms with van der Waals surface area (Å²) < 4.78 is 5.50. The van der Waals surface area contributed by atoms with Crippen molar-refractivity contribution in [1.82, 2.24) is 20.1 Å². The number of piperazine rings is 1. The quantitative estimate of drug-likeness (QED) is 0.700. The summed E-state index contributed by atoms with van der Waals surface area (Å²) in [5.74, 6) is 0.260. The molecule has 1 fully saturated rings. The summed E-state index contributed by atoms with van der Waals surface area (Å²) >= 11 is 0. The molecule has 1 amide bonds. The first-order chi connectivity index (χ1) is 14.7. The second kappa shape index (κ2) is 8.77. The minimum Gasteiger partial charge on any atom is -0.477 e. The van der Waals surface area contributed by atoms with Gasteiger partial charge >= 0.3 is 0 Å². The fourth-order valence-corrected chi connectivity index (χ4v) is 3.57. The molecule has 154 valence electrons. The lowest BCUT2D eigenvalue weighted by Crippen LogP contribution is -2.49. The van der Waals surface area contributed by atoms with Crippen LogP contribution < -0.4 is 15.2 Å². The highest BCUT2D eigenvalue weighted by Gasteiger charge is 2.26. The van der Waals surface area contributed by atoms with Gasteiger partial charge in [-0.25, -0.2) is 10.1 Å². The second-order valence-corrected chi connectivity index (χ2v) is 6.90. The molecule has 1 aromatic carbocycles. The van der Waals surface area contributed by atoms with Gasteiger partial charge in [-0.2, -0.15) is 5.10 Å². The van der Waals surface area contributed by atoms with Crippen molar-refractivity contribution >= 4 is 11.6 Å². The predicted molar refractivity (Wildman–Crippen MR) is 114 cm³/mol. The average molecular weight is 405 g/mol. The van der Waals surface area contributed by atoms with Crippen LogP contribution >= 0.6 is 0 Å². The van der Waals surface area contributed by atoms with E-state index in [9.17, 15) is 9.59 Å². The standard InChI is InChI=1S/C22H23N5O3/c1-2-30-21-17(9-6-10-23-21)22(29)27-13-11-26(12-14-27)18-15-19(28)24-25-20(18)16-7-4-3-5-8-16/h3-10,15H,2,11-14H2,1H3,(H,24,28). The van der Waals surface area contributed by atoms with Gasteiger partial charge in [-0.1, -0.05) is 30.3 Å². The van der Waals surface area contributed by atoms with Gasteiger partial charge in [-0.15, -0.1) is 0 Å². The number of nitrogens with zero attached hydrogens (tertiary/aromatic N) is 4. The molecule has 4 rings (SSSR count). The van der Waals surface area contributed by atoms with E-state index in [2.05, 4.69) is 20.1 Å². The Morgan fingerprint density at radius 2 is 1.87 bits per heavy atom. The third-order valence-electron chi connectivity index (χ3n) is 5.03. The van der Waals surface area contributed by atoms with Crippen molar-refractivity contribution in [2.45, 2.75) is 6.92 Å². The molecule has 0 saturated carbocycles. The predicted octanol–water partition coefficient (Wildman–Crippen LogP) is 2.19. The summed E-state index contributed by atoms with van der Waals surface area (Å²) in [5.41, 5.74) is 2.64. The number of carbonyl (C=O) groups excluding carboxylic acids is 1. The van der Waals surface area contributed by atoms with E-state index in [0.29, 0.717) is 44.2 Å². The van der Waals surface area contributed by atoms with Gasteiger partial charge in [0.2, 0.25) is 5.88 Å². The number of carbonyl (C=O) groups is 1. The summed E-state index contributed by atoms with van der Waals surface area (Å²) in [6, 6.07) is 14.8. The molecule has 2 aromatic heterocycles. The number of hydrogen-bond acceptors (Lipinski definition) is 6. The first-order valence-electron chi connectivity index (χ1n) is 9.94. The lowest BCUT2D eigenvalue weighted by Gasteiger charge is -2.36. The summed E-state index contributed by atoms with van der Waals surface area (Å²) in [5, 5.41) is 6.80. The zero-order valence-corrected chi connectivity index (χ0v) is 16.7. The van der Waals surface area contributed by atoms with Crippen LogP contribution in [-0.2, 0) is 0 Å². The Labute approximate surface area is 174 Å². The SMILES string of the molecule is CCOc1ncccc1C(=O)N1CCN(c2cc(=O)[nH]nc2-c2ccccc2)CC1. The molecule has 1 aliphatic heterocycles. The molecule has 3 aromatic rings. The molecule has 3 heterocycles. The van der Waals surface area contributed by atoms with Crippen LogP contribution in [0.3, 0.4) is 0 Å².